The molecular formula is C25H44O. The minimum Gasteiger partial charge on any atom is -0.508 e. The molecular weight excluding hydrogens is 316 g/mol. The quantitative estimate of drug-likeness (QED) is 0.260. The molecule has 1 aromatic rings. The SMILES string of the molecule is CCCCCCCCCCCCCCCCCCCc1cccc(O)c1. The Kier molecular flexibility index (Phi) is 15.5. The highest BCUT2D eigenvalue weighted by atomic mass is 16.3. The molecule has 0 aliphatic rings. The lowest BCUT2D eigenvalue weighted by Gasteiger charge is -2.04. The van der Waals surface area contributed by atoms with Crippen molar-refractivity contribution in [2.75, 3.05) is 0 Å². The smallest absolute Gasteiger partial charge is 0.115 e. The Balaban J connectivity index is 1.73. The van der Waals surface area contributed by atoms with Crippen LogP contribution in [0.15, 0.2) is 24.3 Å². The largest absolute Gasteiger partial charge is 0.508 e. The molecule has 0 bridgehead atoms. The third-order valence-electron chi connectivity index (χ3n) is 5.48. The predicted octanol–water partition coefficient (Wildman–Crippen LogP) is 8.59. The topological polar surface area (TPSA) is 20.2 Å². The second-order valence-corrected chi connectivity index (χ2v) is 8.08. The standard InChI is InChI=1S/C25H44O/c1-2-3-4-5-6-7-8-9-10-11-12-13-14-15-16-17-18-20-24-21-19-22-25(26)23-24/h19,21-23,26H,2-18,20H2,1H3. The zero-order valence-electron chi connectivity index (χ0n) is 17.5. The summed E-state index contributed by atoms with van der Waals surface area (Å²) in [6.45, 7) is 2.29. The monoisotopic (exact) mass is 360 g/mol. The summed E-state index contributed by atoms with van der Waals surface area (Å²) >= 11 is 0. The Bertz CT molecular complexity index is 412. The van der Waals surface area contributed by atoms with E-state index in [1.54, 1.807) is 6.07 Å². The number of aromatic hydroxyl groups is 1. The maximum Gasteiger partial charge on any atom is 0.115 e. The zero-order valence-corrected chi connectivity index (χ0v) is 17.5. The van der Waals surface area contributed by atoms with E-state index in [-0.39, 0.29) is 0 Å². The molecule has 1 heteroatoms. The van der Waals surface area contributed by atoms with Crippen LogP contribution in [0.25, 0.3) is 0 Å². The van der Waals surface area contributed by atoms with Crippen molar-refractivity contribution < 1.29 is 5.11 Å². The van der Waals surface area contributed by atoms with E-state index in [0.717, 1.165) is 6.42 Å². The van der Waals surface area contributed by atoms with Crippen LogP contribution < -0.4 is 0 Å². The lowest BCUT2D eigenvalue weighted by Crippen LogP contribution is -1.86. The molecule has 1 nitrogen and oxygen atoms in total. The maximum atomic E-state index is 9.46. The maximum absolute atomic E-state index is 9.46. The molecule has 1 aromatic carbocycles. The molecule has 150 valence electrons. The van der Waals surface area contributed by atoms with Crippen molar-refractivity contribution >= 4 is 0 Å². The summed E-state index contributed by atoms with van der Waals surface area (Å²) in [7, 11) is 0. The molecule has 0 saturated heterocycles. The van der Waals surface area contributed by atoms with Gasteiger partial charge in [-0.2, -0.15) is 0 Å². The summed E-state index contributed by atoms with van der Waals surface area (Å²) in [4.78, 5) is 0. The third-order valence-corrected chi connectivity index (χ3v) is 5.48. The number of hydrogen-bond acceptors (Lipinski definition) is 1. The second kappa shape index (κ2) is 17.4. The van der Waals surface area contributed by atoms with Crippen molar-refractivity contribution in [2.24, 2.45) is 0 Å². The van der Waals surface area contributed by atoms with E-state index < -0.39 is 0 Å². The fourth-order valence-corrected chi connectivity index (χ4v) is 3.77. The number of benzene rings is 1. The van der Waals surface area contributed by atoms with Crippen LogP contribution in [0.4, 0.5) is 0 Å². The highest BCUT2D eigenvalue weighted by molar-refractivity contribution is 5.27. The fourth-order valence-electron chi connectivity index (χ4n) is 3.77. The highest BCUT2D eigenvalue weighted by Gasteiger charge is 1.97. The Morgan fingerprint density at radius 3 is 1.42 bits per heavy atom. The molecule has 0 spiro atoms. The molecule has 1 rings (SSSR count). The van der Waals surface area contributed by atoms with E-state index in [1.165, 1.54) is 115 Å². The van der Waals surface area contributed by atoms with Gasteiger partial charge in [-0.1, -0.05) is 122 Å². The first-order valence-corrected chi connectivity index (χ1v) is 11.6. The van der Waals surface area contributed by atoms with Crippen molar-refractivity contribution in [3.05, 3.63) is 29.8 Å². The van der Waals surface area contributed by atoms with Gasteiger partial charge >= 0.3 is 0 Å². The van der Waals surface area contributed by atoms with Gasteiger partial charge in [-0.15, -0.1) is 0 Å². The average Bonchev–Trinajstić information content (AvgIpc) is 2.64. The van der Waals surface area contributed by atoms with Crippen LogP contribution in [-0.2, 0) is 6.42 Å². The molecule has 0 atom stereocenters. The molecule has 0 unspecified atom stereocenters. The molecule has 1 N–H and O–H groups in total. The Hall–Kier alpha value is -0.980. The van der Waals surface area contributed by atoms with Gasteiger partial charge in [0.15, 0.2) is 0 Å². The Morgan fingerprint density at radius 2 is 1.00 bits per heavy atom. The molecule has 0 radical (unpaired) electrons. The number of rotatable bonds is 18. The first-order valence-electron chi connectivity index (χ1n) is 11.6. The van der Waals surface area contributed by atoms with E-state index in [2.05, 4.69) is 13.0 Å². The van der Waals surface area contributed by atoms with Crippen LogP contribution in [-0.4, -0.2) is 5.11 Å². The van der Waals surface area contributed by atoms with E-state index in [9.17, 15) is 5.11 Å². The van der Waals surface area contributed by atoms with Crippen LogP contribution in [0.2, 0.25) is 0 Å². The predicted molar refractivity (Wildman–Crippen MR) is 116 cm³/mol. The normalized spacial score (nSPS) is 11.1. The summed E-state index contributed by atoms with van der Waals surface area (Å²) in [5, 5.41) is 9.46. The minimum atomic E-state index is 0.398. The van der Waals surface area contributed by atoms with Gasteiger partial charge in [0, 0.05) is 0 Å². The van der Waals surface area contributed by atoms with Crippen molar-refractivity contribution in [2.45, 2.75) is 122 Å². The number of unbranched alkanes of at least 4 members (excludes halogenated alkanes) is 16. The van der Waals surface area contributed by atoms with Crippen molar-refractivity contribution in [3.63, 3.8) is 0 Å². The van der Waals surface area contributed by atoms with Gasteiger partial charge in [-0.05, 0) is 30.5 Å². The third kappa shape index (κ3) is 14.2. The molecule has 26 heavy (non-hydrogen) atoms. The van der Waals surface area contributed by atoms with Gasteiger partial charge < -0.3 is 5.11 Å². The molecule has 0 amide bonds. The highest BCUT2D eigenvalue weighted by Crippen LogP contribution is 2.16. The molecule has 0 heterocycles. The summed E-state index contributed by atoms with van der Waals surface area (Å²) in [6, 6.07) is 7.70. The Morgan fingerprint density at radius 1 is 0.577 bits per heavy atom. The molecule has 0 aliphatic heterocycles. The van der Waals surface area contributed by atoms with E-state index in [4.69, 9.17) is 0 Å². The van der Waals surface area contributed by atoms with Crippen LogP contribution >= 0.6 is 0 Å². The molecule has 0 aromatic heterocycles. The zero-order chi connectivity index (χ0) is 18.7. The van der Waals surface area contributed by atoms with Crippen LogP contribution in [0.3, 0.4) is 0 Å². The van der Waals surface area contributed by atoms with Crippen molar-refractivity contribution in [1.29, 1.82) is 0 Å². The second-order valence-electron chi connectivity index (χ2n) is 8.08. The minimum absolute atomic E-state index is 0.398. The van der Waals surface area contributed by atoms with Gasteiger partial charge in [-0.3, -0.25) is 0 Å². The summed E-state index contributed by atoms with van der Waals surface area (Å²) in [5.74, 6) is 0.398. The van der Waals surface area contributed by atoms with Crippen LogP contribution in [0.5, 0.6) is 5.75 Å². The number of phenolic OH excluding ortho intramolecular Hbond substituents is 1. The average molecular weight is 361 g/mol. The first kappa shape index (κ1) is 23.1. The van der Waals surface area contributed by atoms with E-state index >= 15 is 0 Å². The van der Waals surface area contributed by atoms with E-state index in [0.29, 0.717) is 5.75 Å². The van der Waals surface area contributed by atoms with Gasteiger partial charge in [0.05, 0.1) is 0 Å². The molecule has 0 fully saturated rings. The van der Waals surface area contributed by atoms with Gasteiger partial charge in [0.25, 0.3) is 0 Å². The lowest BCUT2D eigenvalue weighted by atomic mass is 10.0. The van der Waals surface area contributed by atoms with Gasteiger partial charge in [0.1, 0.15) is 5.75 Å². The number of phenols is 1. The molecule has 0 aliphatic carbocycles. The molecule has 0 saturated carbocycles. The van der Waals surface area contributed by atoms with E-state index in [1.807, 2.05) is 12.1 Å². The summed E-state index contributed by atoms with van der Waals surface area (Å²) in [5.41, 5.74) is 1.27. The van der Waals surface area contributed by atoms with Gasteiger partial charge in [-0.25, -0.2) is 0 Å². The first-order chi connectivity index (χ1) is 12.8. The fraction of sp³-hybridized carbons (Fsp3) is 0.760. The van der Waals surface area contributed by atoms with Crippen LogP contribution in [0, 0.1) is 0 Å². The van der Waals surface area contributed by atoms with Crippen LogP contribution in [0.1, 0.15) is 122 Å². The summed E-state index contributed by atoms with van der Waals surface area (Å²) < 4.78 is 0. The van der Waals surface area contributed by atoms with Crippen molar-refractivity contribution in [3.8, 4) is 5.75 Å². The summed E-state index contributed by atoms with van der Waals surface area (Å²) in [6.07, 6.45) is 25.2. The number of hydrogen-bond donors (Lipinski definition) is 1. The number of aryl methyl sites for hydroxylation is 1. The lowest BCUT2D eigenvalue weighted by molar-refractivity contribution is 0.474. The van der Waals surface area contributed by atoms with Crippen molar-refractivity contribution in [1.82, 2.24) is 0 Å². The van der Waals surface area contributed by atoms with Gasteiger partial charge in [0.2, 0.25) is 0 Å². The Labute approximate surface area is 163 Å².